The summed E-state index contributed by atoms with van der Waals surface area (Å²) in [5.74, 6) is 1.45. The minimum absolute atomic E-state index is 0. The van der Waals surface area contributed by atoms with Gasteiger partial charge in [0.05, 0.1) is 0 Å². The first-order valence-electron chi connectivity index (χ1n) is 8.24. The molecule has 138 valence electrons. The third-order valence-corrected chi connectivity index (χ3v) is 4.36. The highest BCUT2D eigenvalue weighted by Crippen LogP contribution is 2.21. The normalized spacial score (nSPS) is 22.0. The van der Waals surface area contributed by atoms with Crippen molar-refractivity contribution < 1.29 is 4.79 Å². The fourth-order valence-electron chi connectivity index (χ4n) is 3.56. The lowest BCUT2D eigenvalue weighted by Crippen LogP contribution is -2.47. The molecule has 1 aliphatic heterocycles. The Morgan fingerprint density at radius 1 is 1.29 bits per heavy atom. The number of anilines is 1. The van der Waals surface area contributed by atoms with E-state index in [0.717, 1.165) is 37.0 Å². The van der Waals surface area contributed by atoms with E-state index in [1.165, 1.54) is 6.42 Å². The molecule has 0 aliphatic carbocycles. The number of likely N-dealkylation sites (tertiary alicyclic amines) is 1. The van der Waals surface area contributed by atoms with Crippen LogP contribution in [0.5, 0.6) is 0 Å². The summed E-state index contributed by atoms with van der Waals surface area (Å²) >= 11 is 0. The maximum absolute atomic E-state index is 12.4. The smallest absolute Gasteiger partial charge is 0.251 e. The fourth-order valence-corrected chi connectivity index (χ4v) is 3.56. The van der Waals surface area contributed by atoms with Crippen LogP contribution in [0.25, 0.3) is 0 Å². The quantitative estimate of drug-likeness (QED) is 0.791. The maximum Gasteiger partial charge on any atom is 0.251 e. The van der Waals surface area contributed by atoms with Gasteiger partial charge in [0.1, 0.15) is 0 Å². The van der Waals surface area contributed by atoms with Gasteiger partial charge in [0.2, 0.25) is 0 Å². The van der Waals surface area contributed by atoms with E-state index in [-0.39, 0.29) is 36.8 Å². The molecular formula is C18H31Cl2N3O. The van der Waals surface area contributed by atoms with Crippen LogP contribution in [0, 0.1) is 18.8 Å². The number of nitrogens with zero attached hydrogens (tertiary/aromatic N) is 1. The number of nitrogen functional groups attached to an aromatic ring is 1. The Bertz CT molecular complexity index is 529. The molecule has 1 saturated heterocycles. The van der Waals surface area contributed by atoms with E-state index in [9.17, 15) is 4.79 Å². The number of hydrogen-bond donors (Lipinski definition) is 2. The molecule has 24 heavy (non-hydrogen) atoms. The van der Waals surface area contributed by atoms with Crippen molar-refractivity contribution in [3.8, 4) is 0 Å². The van der Waals surface area contributed by atoms with Crippen LogP contribution in [0.2, 0.25) is 0 Å². The first-order chi connectivity index (χ1) is 10.3. The molecule has 4 nitrogen and oxygen atoms in total. The van der Waals surface area contributed by atoms with E-state index in [0.29, 0.717) is 11.3 Å². The summed E-state index contributed by atoms with van der Waals surface area (Å²) in [5, 5.41) is 3.11. The number of piperidine rings is 1. The number of nitrogens with one attached hydrogen (secondary N) is 1. The lowest BCUT2D eigenvalue weighted by Gasteiger charge is -2.36. The lowest BCUT2D eigenvalue weighted by molar-refractivity contribution is 0.0904. The van der Waals surface area contributed by atoms with Crippen LogP contribution in [0.15, 0.2) is 18.2 Å². The van der Waals surface area contributed by atoms with Crippen molar-refractivity contribution >= 4 is 36.4 Å². The minimum Gasteiger partial charge on any atom is -0.399 e. The van der Waals surface area contributed by atoms with E-state index >= 15 is 0 Å². The Morgan fingerprint density at radius 2 is 1.88 bits per heavy atom. The van der Waals surface area contributed by atoms with Crippen molar-refractivity contribution in [3.05, 3.63) is 29.3 Å². The number of carbonyl (C=O) groups is 1. The third kappa shape index (κ3) is 6.50. The van der Waals surface area contributed by atoms with Gasteiger partial charge in [0.25, 0.3) is 5.91 Å². The number of halogens is 2. The van der Waals surface area contributed by atoms with Gasteiger partial charge in [-0.1, -0.05) is 19.9 Å². The molecule has 6 heteroatoms. The van der Waals surface area contributed by atoms with Crippen LogP contribution in [0.1, 0.15) is 43.1 Å². The summed E-state index contributed by atoms with van der Waals surface area (Å²) in [6.07, 6.45) is 1.31. The summed E-state index contributed by atoms with van der Waals surface area (Å²) in [7, 11) is 0. The fraction of sp³-hybridized carbons (Fsp3) is 0.611. The van der Waals surface area contributed by atoms with Gasteiger partial charge in [0, 0.05) is 36.9 Å². The zero-order chi connectivity index (χ0) is 16.3. The second-order valence-electron chi connectivity index (χ2n) is 7.11. The number of nitrogens with two attached hydrogens (primary N) is 1. The minimum atomic E-state index is -0.0320. The summed E-state index contributed by atoms with van der Waals surface area (Å²) in [4.78, 5) is 14.9. The molecule has 2 rings (SSSR count). The Balaban J connectivity index is 0.00000264. The first kappa shape index (κ1) is 23.0. The number of carbonyl (C=O) groups excluding carboxylic acids is 1. The Kier molecular flexibility index (Phi) is 9.71. The topological polar surface area (TPSA) is 58.4 Å². The van der Waals surface area contributed by atoms with Crippen LogP contribution in [-0.4, -0.2) is 36.5 Å². The first-order valence-corrected chi connectivity index (χ1v) is 8.24. The molecule has 3 unspecified atom stereocenters. The Hall–Kier alpha value is -0.970. The van der Waals surface area contributed by atoms with Crippen molar-refractivity contribution in [2.45, 2.75) is 40.2 Å². The molecule has 1 heterocycles. The molecular weight excluding hydrogens is 345 g/mol. The Morgan fingerprint density at radius 3 is 2.46 bits per heavy atom. The van der Waals surface area contributed by atoms with Crippen LogP contribution >= 0.6 is 24.8 Å². The van der Waals surface area contributed by atoms with Gasteiger partial charge in [-0.25, -0.2) is 0 Å². The van der Waals surface area contributed by atoms with Gasteiger partial charge in [-0.15, -0.1) is 24.8 Å². The number of aryl methyl sites for hydroxylation is 1. The molecule has 0 saturated carbocycles. The number of rotatable bonds is 4. The van der Waals surface area contributed by atoms with Crippen LogP contribution in [0.4, 0.5) is 5.69 Å². The number of hydrogen-bond acceptors (Lipinski definition) is 3. The molecule has 1 aliphatic rings. The van der Waals surface area contributed by atoms with Crippen LogP contribution < -0.4 is 11.1 Å². The van der Waals surface area contributed by atoms with Gasteiger partial charge >= 0.3 is 0 Å². The summed E-state index contributed by atoms with van der Waals surface area (Å²) in [6.45, 7) is 11.8. The predicted octanol–water partition coefficient (Wildman–Crippen LogP) is 3.52. The molecule has 3 N–H and O–H groups in total. The van der Waals surface area contributed by atoms with Gasteiger partial charge < -0.3 is 16.0 Å². The van der Waals surface area contributed by atoms with Crippen molar-refractivity contribution in [1.82, 2.24) is 10.2 Å². The van der Waals surface area contributed by atoms with Crippen molar-refractivity contribution in [2.24, 2.45) is 11.8 Å². The molecule has 0 aromatic heterocycles. The summed E-state index contributed by atoms with van der Waals surface area (Å²) < 4.78 is 0. The zero-order valence-electron chi connectivity index (χ0n) is 15.0. The highest BCUT2D eigenvalue weighted by atomic mass is 35.5. The van der Waals surface area contributed by atoms with Gasteiger partial charge in [-0.05, 0) is 49.8 Å². The largest absolute Gasteiger partial charge is 0.399 e. The lowest BCUT2D eigenvalue weighted by atomic mass is 9.92. The third-order valence-electron chi connectivity index (χ3n) is 4.36. The average Bonchev–Trinajstić information content (AvgIpc) is 2.39. The standard InChI is InChI=1S/C18H29N3O.2ClH/c1-12-7-13(2)10-21(9-12)11-15(4)20-18(22)17-8-16(19)6-5-14(17)3;;/h5-6,8,12-13,15H,7,9-11,19H2,1-4H3,(H,20,22);2*1H. The predicted molar refractivity (Wildman–Crippen MR) is 106 cm³/mol. The van der Waals surface area contributed by atoms with Gasteiger partial charge in [-0.3, -0.25) is 4.79 Å². The van der Waals surface area contributed by atoms with Crippen LogP contribution in [-0.2, 0) is 0 Å². The van der Waals surface area contributed by atoms with Crippen molar-refractivity contribution in [1.29, 1.82) is 0 Å². The molecule has 1 aromatic rings. The van der Waals surface area contributed by atoms with E-state index in [4.69, 9.17) is 5.73 Å². The number of benzene rings is 1. The molecule has 0 radical (unpaired) electrons. The van der Waals surface area contributed by atoms with Crippen molar-refractivity contribution in [2.75, 3.05) is 25.4 Å². The monoisotopic (exact) mass is 375 g/mol. The molecule has 0 spiro atoms. The van der Waals surface area contributed by atoms with Gasteiger partial charge in [-0.2, -0.15) is 0 Å². The average molecular weight is 376 g/mol. The second kappa shape index (κ2) is 10.1. The van der Waals surface area contributed by atoms with Crippen molar-refractivity contribution in [3.63, 3.8) is 0 Å². The van der Waals surface area contributed by atoms with E-state index in [2.05, 4.69) is 31.0 Å². The molecule has 1 aromatic carbocycles. The maximum atomic E-state index is 12.4. The zero-order valence-corrected chi connectivity index (χ0v) is 16.7. The van der Waals surface area contributed by atoms with Crippen LogP contribution in [0.3, 0.4) is 0 Å². The number of amides is 1. The Labute approximate surface area is 158 Å². The molecule has 3 atom stereocenters. The highest BCUT2D eigenvalue weighted by Gasteiger charge is 2.23. The second-order valence-corrected chi connectivity index (χ2v) is 7.11. The summed E-state index contributed by atoms with van der Waals surface area (Å²) in [5.41, 5.74) is 8.05. The molecule has 0 bridgehead atoms. The van der Waals surface area contributed by atoms with E-state index < -0.39 is 0 Å². The van der Waals surface area contributed by atoms with E-state index in [1.807, 2.05) is 19.1 Å². The van der Waals surface area contributed by atoms with E-state index in [1.54, 1.807) is 6.07 Å². The molecule has 1 amide bonds. The SMILES string of the molecule is Cc1ccc(N)cc1C(=O)NC(C)CN1CC(C)CC(C)C1.Cl.Cl. The molecule has 1 fully saturated rings. The summed E-state index contributed by atoms with van der Waals surface area (Å²) in [6, 6.07) is 5.60. The highest BCUT2D eigenvalue weighted by molar-refractivity contribution is 5.96. The van der Waals surface area contributed by atoms with Gasteiger partial charge in [0.15, 0.2) is 0 Å².